The third-order valence-electron chi connectivity index (χ3n) is 4.94. The zero-order chi connectivity index (χ0) is 19.3. The van der Waals surface area contributed by atoms with Crippen molar-refractivity contribution in [1.82, 2.24) is 0 Å². The standard InChI is InChI=1S/C26H22N2/c1-19-9-3-5-11-21(19)17-27-25-15-7-14-24-23(25)13-8-16-26(24)28-18-22-12-6-4-10-20(22)2/h3-18H,1-2H3. The average molecular weight is 362 g/mol. The van der Waals surface area contributed by atoms with Crippen molar-refractivity contribution in [3.8, 4) is 0 Å². The van der Waals surface area contributed by atoms with E-state index in [1.807, 2.05) is 61.0 Å². The van der Waals surface area contributed by atoms with Crippen LogP contribution in [-0.4, -0.2) is 12.4 Å². The molecule has 0 saturated heterocycles. The van der Waals surface area contributed by atoms with Crippen LogP contribution in [0.3, 0.4) is 0 Å². The van der Waals surface area contributed by atoms with Crippen molar-refractivity contribution in [2.24, 2.45) is 9.98 Å². The van der Waals surface area contributed by atoms with Crippen LogP contribution >= 0.6 is 0 Å². The van der Waals surface area contributed by atoms with Gasteiger partial charge in [-0.2, -0.15) is 0 Å². The lowest BCUT2D eigenvalue weighted by molar-refractivity contribution is 1.44. The predicted molar refractivity (Wildman–Crippen MR) is 121 cm³/mol. The van der Waals surface area contributed by atoms with Crippen LogP contribution in [0.1, 0.15) is 22.3 Å². The number of hydrogen-bond acceptors (Lipinski definition) is 2. The quantitative estimate of drug-likeness (QED) is 0.351. The molecular weight excluding hydrogens is 340 g/mol. The molecule has 28 heavy (non-hydrogen) atoms. The summed E-state index contributed by atoms with van der Waals surface area (Å²) in [5, 5.41) is 2.21. The fourth-order valence-corrected chi connectivity index (χ4v) is 3.24. The Morgan fingerprint density at radius 1 is 0.500 bits per heavy atom. The van der Waals surface area contributed by atoms with Gasteiger partial charge in [-0.1, -0.05) is 72.8 Å². The minimum atomic E-state index is 0.952. The maximum absolute atomic E-state index is 4.76. The summed E-state index contributed by atoms with van der Waals surface area (Å²) < 4.78 is 0. The Kier molecular flexibility index (Phi) is 5.11. The van der Waals surface area contributed by atoms with Gasteiger partial charge in [-0.05, 0) is 48.2 Å². The fourth-order valence-electron chi connectivity index (χ4n) is 3.24. The van der Waals surface area contributed by atoms with E-state index < -0.39 is 0 Å². The smallest absolute Gasteiger partial charge is 0.0709 e. The molecule has 2 nitrogen and oxygen atoms in total. The van der Waals surface area contributed by atoms with Crippen LogP contribution < -0.4 is 0 Å². The maximum atomic E-state index is 4.76. The molecule has 0 amide bonds. The van der Waals surface area contributed by atoms with E-state index in [0.29, 0.717) is 0 Å². The topological polar surface area (TPSA) is 24.7 Å². The number of hydrogen-bond donors (Lipinski definition) is 0. The summed E-state index contributed by atoms with van der Waals surface area (Å²) in [5.41, 5.74) is 6.61. The first kappa shape index (κ1) is 17.9. The van der Waals surface area contributed by atoms with Gasteiger partial charge in [-0.15, -0.1) is 0 Å². The molecule has 4 rings (SSSR count). The van der Waals surface area contributed by atoms with Gasteiger partial charge >= 0.3 is 0 Å². The first-order chi connectivity index (χ1) is 13.7. The molecule has 0 fully saturated rings. The van der Waals surface area contributed by atoms with Gasteiger partial charge in [0, 0.05) is 23.2 Å². The van der Waals surface area contributed by atoms with E-state index in [1.165, 1.54) is 11.1 Å². The van der Waals surface area contributed by atoms with Crippen molar-refractivity contribution < 1.29 is 0 Å². The summed E-state index contributed by atoms with van der Waals surface area (Å²) in [4.78, 5) is 9.52. The third-order valence-corrected chi connectivity index (χ3v) is 4.94. The molecule has 0 aromatic heterocycles. The molecule has 0 radical (unpaired) electrons. The second kappa shape index (κ2) is 8.01. The average Bonchev–Trinajstić information content (AvgIpc) is 2.72. The number of nitrogens with zero attached hydrogens (tertiary/aromatic N) is 2. The molecule has 0 atom stereocenters. The minimum Gasteiger partial charge on any atom is -0.256 e. The molecule has 0 aliphatic rings. The number of benzene rings is 4. The van der Waals surface area contributed by atoms with Crippen molar-refractivity contribution in [1.29, 1.82) is 0 Å². The predicted octanol–water partition coefficient (Wildman–Crippen LogP) is 6.96. The van der Waals surface area contributed by atoms with Crippen LogP contribution in [0.25, 0.3) is 10.8 Å². The highest BCUT2D eigenvalue weighted by atomic mass is 14.7. The third kappa shape index (κ3) is 3.77. The lowest BCUT2D eigenvalue weighted by Gasteiger charge is -2.06. The van der Waals surface area contributed by atoms with Crippen LogP contribution in [0.5, 0.6) is 0 Å². The van der Waals surface area contributed by atoms with Crippen LogP contribution in [0.4, 0.5) is 11.4 Å². The van der Waals surface area contributed by atoms with E-state index in [9.17, 15) is 0 Å². The second-order valence-electron chi connectivity index (χ2n) is 6.88. The Hall–Kier alpha value is -3.52. The highest BCUT2D eigenvalue weighted by Gasteiger charge is 2.04. The molecule has 0 bridgehead atoms. The van der Waals surface area contributed by atoms with Crippen LogP contribution in [0.15, 0.2) is 94.9 Å². The van der Waals surface area contributed by atoms with Crippen molar-refractivity contribution >= 4 is 34.6 Å². The summed E-state index contributed by atoms with van der Waals surface area (Å²) in [7, 11) is 0. The van der Waals surface area contributed by atoms with Gasteiger partial charge in [-0.3, -0.25) is 9.98 Å². The Labute approximate surface area is 165 Å². The number of rotatable bonds is 4. The van der Waals surface area contributed by atoms with Gasteiger partial charge in [0.1, 0.15) is 0 Å². The molecular formula is C26H22N2. The second-order valence-corrected chi connectivity index (χ2v) is 6.88. The normalized spacial score (nSPS) is 11.6. The summed E-state index contributed by atoms with van der Waals surface area (Å²) in [6.07, 6.45) is 3.88. The van der Waals surface area contributed by atoms with Crippen LogP contribution in [0, 0.1) is 13.8 Å². The van der Waals surface area contributed by atoms with E-state index in [1.54, 1.807) is 0 Å². The van der Waals surface area contributed by atoms with Gasteiger partial charge < -0.3 is 0 Å². The Bertz CT molecular complexity index is 1090. The minimum absolute atomic E-state index is 0.952. The van der Waals surface area contributed by atoms with E-state index in [0.717, 1.165) is 33.3 Å². The summed E-state index contributed by atoms with van der Waals surface area (Å²) >= 11 is 0. The van der Waals surface area contributed by atoms with E-state index in [2.05, 4.69) is 50.2 Å². The van der Waals surface area contributed by atoms with E-state index >= 15 is 0 Å². The van der Waals surface area contributed by atoms with Crippen molar-refractivity contribution in [2.45, 2.75) is 13.8 Å². The number of aryl methyl sites for hydroxylation is 2. The first-order valence-electron chi connectivity index (χ1n) is 9.43. The van der Waals surface area contributed by atoms with Gasteiger partial charge in [0.15, 0.2) is 0 Å². The van der Waals surface area contributed by atoms with Gasteiger partial charge in [0.05, 0.1) is 11.4 Å². The number of aliphatic imine (C=N–C) groups is 2. The molecule has 0 spiro atoms. The highest BCUT2D eigenvalue weighted by Crippen LogP contribution is 2.32. The molecule has 0 N–H and O–H groups in total. The molecule has 4 aromatic rings. The number of fused-ring (bicyclic) bond motifs is 1. The molecule has 2 heteroatoms. The molecule has 0 heterocycles. The Morgan fingerprint density at radius 3 is 1.36 bits per heavy atom. The van der Waals surface area contributed by atoms with Crippen molar-refractivity contribution in [3.63, 3.8) is 0 Å². The van der Waals surface area contributed by atoms with Crippen LogP contribution in [-0.2, 0) is 0 Å². The maximum Gasteiger partial charge on any atom is 0.0709 e. The fraction of sp³-hybridized carbons (Fsp3) is 0.0769. The zero-order valence-corrected chi connectivity index (χ0v) is 16.1. The summed E-state index contributed by atoms with van der Waals surface area (Å²) in [6, 6.07) is 28.9. The molecule has 0 unspecified atom stereocenters. The van der Waals surface area contributed by atoms with E-state index in [-0.39, 0.29) is 0 Å². The van der Waals surface area contributed by atoms with Gasteiger partial charge in [-0.25, -0.2) is 0 Å². The molecule has 0 saturated carbocycles. The highest BCUT2D eigenvalue weighted by molar-refractivity contribution is 6.02. The Morgan fingerprint density at radius 2 is 0.929 bits per heavy atom. The largest absolute Gasteiger partial charge is 0.256 e. The summed E-state index contributed by atoms with van der Waals surface area (Å²) in [6.45, 7) is 4.20. The Balaban J connectivity index is 1.73. The summed E-state index contributed by atoms with van der Waals surface area (Å²) in [5.74, 6) is 0. The van der Waals surface area contributed by atoms with Crippen molar-refractivity contribution in [3.05, 3.63) is 107 Å². The lowest BCUT2D eigenvalue weighted by atomic mass is 10.1. The van der Waals surface area contributed by atoms with Gasteiger partial charge in [0.2, 0.25) is 0 Å². The first-order valence-corrected chi connectivity index (χ1v) is 9.43. The molecule has 0 aliphatic heterocycles. The zero-order valence-electron chi connectivity index (χ0n) is 16.1. The van der Waals surface area contributed by atoms with Crippen LogP contribution in [0.2, 0.25) is 0 Å². The monoisotopic (exact) mass is 362 g/mol. The molecule has 136 valence electrons. The molecule has 4 aromatic carbocycles. The lowest BCUT2D eigenvalue weighted by Crippen LogP contribution is -1.86. The van der Waals surface area contributed by atoms with Crippen molar-refractivity contribution in [2.75, 3.05) is 0 Å². The van der Waals surface area contributed by atoms with Gasteiger partial charge in [0.25, 0.3) is 0 Å². The SMILES string of the molecule is Cc1ccccc1C=Nc1cccc2c(N=Cc3ccccc3C)cccc12. The molecule has 0 aliphatic carbocycles. The van der Waals surface area contributed by atoms with E-state index in [4.69, 9.17) is 9.98 Å².